The van der Waals surface area contributed by atoms with Crippen molar-refractivity contribution in [2.45, 2.75) is 19.3 Å². The largest absolute Gasteiger partial charge is 0.339 e. The van der Waals surface area contributed by atoms with Gasteiger partial charge in [-0.1, -0.05) is 0 Å². The molecule has 1 spiro atoms. The summed E-state index contributed by atoms with van der Waals surface area (Å²) >= 11 is 0. The lowest BCUT2D eigenvalue weighted by atomic mass is 9.91. The van der Waals surface area contributed by atoms with E-state index < -0.39 is 0 Å². The van der Waals surface area contributed by atoms with Crippen LogP contribution in [0, 0.1) is 11.3 Å². The fraction of sp³-hybridized carbons (Fsp3) is 0.867. The quantitative estimate of drug-likeness (QED) is 0.752. The first-order valence-electron chi connectivity index (χ1n) is 7.99. The van der Waals surface area contributed by atoms with Gasteiger partial charge in [-0.05, 0) is 37.8 Å². The zero-order valence-corrected chi connectivity index (χ0v) is 13.1. The van der Waals surface area contributed by atoms with Gasteiger partial charge in [0, 0.05) is 46.2 Å². The molecule has 0 aromatic carbocycles. The summed E-state index contributed by atoms with van der Waals surface area (Å²) in [6, 6.07) is 0.0448. The molecule has 6 heteroatoms. The minimum atomic E-state index is 0.0448. The van der Waals surface area contributed by atoms with E-state index in [4.69, 9.17) is 0 Å². The zero-order chi connectivity index (χ0) is 15.0. The number of nitrogens with one attached hydrogen (secondary N) is 1. The Bertz CT molecular complexity index is 423. The smallest absolute Gasteiger partial charge is 0.319 e. The topological polar surface area (TPSA) is 55.9 Å². The van der Waals surface area contributed by atoms with Gasteiger partial charge in [0.05, 0.1) is 0 Å². The van der Waals surface area contributed by atoms with E-state index in [1.54, 1.807) is 19.0 Å². The molecule has 1 unspecified atom stereocenters. The van der Waals surface area contributed by atoms with Crippen LogP contribution in [0.2, 0.25) is 0 Å². The Hall–Kier alpha value is -1.30. The molecule has 118 valence electrons. The average molecular weight is 294 g/mol. The van der Waals surface area contributed by atoms with Crippen molar-refractivity contribution in [3.05, 3.63) is 0 Å². The first kappa shape index (κ1) is 14.6. The summed E-state index contributed by atoms with van der Waals surface area (Å²) in [5.41, 5.74) is 0.304. The van der Waals surface area contributed by atoms with Crippen molar-refractivity contribution in [3.63, 3.8) is 0 Å². The first-order valence-corrected chi connectivity index (χ1v) is 7.99. The van der Waals surface area contributed by atoms with Gasteiger partial charge in [0.1, 0.15) is 0 Å². The SMILES string of the molecule is CN(C)C(=O)N1CCN(C(=O)C2CC23CCNCC3)CC1. The maximum atomic E-state index is 12.6. The van der Waals surface area contributed by atoms with E-state index in [2.05, 4.69) is 5.32 Å². The predicted molar refractivity (Wildman–Crippen MR) is 79.9 cm³/mol. The lowest BCUT2D eigenvalue weighted by molar-refractivity contribution is -0.135. The monoisotopic (exact) mass is 294 g/mol. The second-order valence-corrected chi connectivity index (χ2v) is 6.86. The van der Waals surface area contributed by atoms with Gasteiger partial charge in [0.25, 0.3) is 0 Å². The molecule has 0 aromatic heterocycles. The second kappa shape index (κ2) is 5.48. The molecule has 3 fully saturated rings. The number of hydrogen-bond donors (Lipinski definition) is 1. The molecule has 21 heavy (non-hydrogen) atoms. The van der Waals surface area contributed by atoms with E-state index in [9.17, 15) is 9.59 Å². The number of piperidine rings is 1. The maximum Gasteiger partial charge on any atom is 0.319 e. The van der Waals surface area contributed by atoms with Crippen LogP contribution < -0.4 is 5.32 Å². The third-order valence-electron chi connectivity index (χ3n) is 5.33. The van der Waals surface area contributed by atoms with Gasteiger partial charge in [0.2, 0.25) is 5.91 Å². The van der Waals surface area contributed by atoms with Gasteiger partial charge in [-0.15, -0.1) is 0 Å². The molecule has 6 nitrogen and oxygen atoms in total. The minimum Gasteiger partial charge on any atom is -0.339 e. The number of nitrogens with zero attached hydrogens (tertiary/aromatic N) is 3. The van der Waals surface area contributed by atoms with E-state index >= 15 is 0 Å². The Morgan fingerprint density at radius 3 is 2.19 bits per heavy atom. The molecule has 0 radical (unpaired) electrons. The van der Waals surface area contributed by atoms with Crippen molar-refractivity contribution in [1.29, 1.82) is 0 Å². The minimum absolute atomic E-state index is 0.0448. The van der Waals surface area contributed by atoms with E-state index in [0.717, 1.165) is 32.4 Å². The van der Waals surface area contributed by atoms with Crippen molar-refractivity contribution in [2.24, 2.45) is 11.3 Å². The Labute approximate surface area is 126 Å². The Kier molecular flexibility index (Phi) is 3.82. The highest BCUT2D eigenvalue weighted by Gasteiger charge is 2.58. The van der Waals surface area contributed by atoms with Crippen LogP contribution in [-0.2, 0) is 4.79 Å². The number of piperazine rings is 1. The van der Waals surface area contributed by atoms with Crippen LogP contribution in [0.3, 0.4) is 0 Å². The first-order chi connectivity index (χ1) is 10.0. The summed E-state index contributed by atoms with van der Waals surface area (Å²) in [5.74, 6) is 0.574. The summed E-state index contributed by atoms with van der Waals surface area (Å²) in [6.45, 7) is 4.78. The van der Waals surface area contributed by atoms with Crippen molar-refractivity contribution in [2.75, 3.05) is 53.4 Å². The Balaban J connectivity index is 1.51. The number of hydrogen-bond acceptors (Lipinski definition) is 3. The van der Waals surface area contributed by atoms with Gasteiger partial charge >= 0.3 is 6.03 Å². The number of amides is 3. The summed E-state index contributed by atoms with van der Waals surface area (Å²) in [5, 5.41) is 3.37. The third-order valence-corrected chi connectivity index (χ3v) is 5.33. The number of carbonyl (C=O) groups excluding carboxylic acids is 2. The molecule has 3 aliphatic rings. The van der Waals surface area contributed by atoms with Crippen LogP contribution in [0.1, 0.15) is 19.3 Å². The van der Waals surface area contributed by atoms with Crippen LogP contribution in [-0.4, -0.2) is 80.0 Å². The second-order valence-electron chi connectivity index (χ2n) is 6.86. The van der Waals surface area contributed by atoms with Gasteiger partial charge in [-0.2, -0.15) is 0 Å². The predicted octanol–water partition coefficient (Wildman–Crippen LogP) is 0.202. The highest BCUT2D eigenvalue weighted by molar-refractivity contribution is 5.83. The van der Waals surface area contributed by atoms with Gasteiger partial charge < -0.3 is 20.0 Å². The molecular formula is C15H26N4O2. The molecule has 2 saturated heterocycles. The maximum absolute atomic E-state index is 12.6. The Morgan fingerprint density at radius 2 is 1.62 bits per heavy atom. The lowest BCUT2D eigenvalue weighted by Gasteiger charge is -2.36. The summed E-state index contributed by atoms with van der Waals surface area (Å²) in [6.07, 6.45) is 3.36. The van der Waals surface area contributed by atoms with E-state index in [1.807, 2.05) is 9.80 Å². The Morgan fingerprint density at radius 1 is 1.05 bits per heavy atom. The van der Waals surface area contributed by atoms with Crippen molar-refractivity contribution >= 4 is 11.9 Å². The van der Waals surface area contributed by atoms with Crippen LogP contribution in [0.15, 0.2) is 0 Å². The highest BCUT2D eigenvalue weighted by Crippen LogP contribution is 2.59. The van der Waals surface area contributed by atoms with Crippen molar-refractivity contribution in [3.8, 4) is 0 Å². The van der Waals surface area contributed by atoms with Gasteiger partial charge in [-0.3, -0.25) is 4.79 Å². The molecule has 3 rings (SSSR count). The number of rotatable bonds is 1. The van der Waals surface area contributed by atoms with Crippen LogP contribution >= 0.6 is 0 Å². The summed E-state index contributed by atoms with van der Waals surface area (Å²) < 4.78 is 0. The van der Waals surface area contributed by atoms with E-state index in [1.165, 1.54) is 0 Å². The average Bonchev–Trinajstić information content (AvgIpc) is 3.19. The molecule has 1 aliphatic carbocycles. The third kappa shape index (κ3) is 2.73. The molecule has 2 aliphatic heterocycles. The number of urea groups is 1. The normalized spacial score (nSPS) is 27.6. The van der Waals surface area contributed by atoms with Gasteiger partial charge in [0.15, 0.2) is 0 Å². The molecule has 3 amide bonds. The molecule has 0 bridgehead atoms. The van der Waals surface area contributed by atoms with E-state index in [-0.39, 0.29) is 11.9 Å². The molecular weight excluding hydrogens is 268 g/mol. The molecule has 0 aromatic rings. The lowest BCUT2D eigenvalue weighted by Crippen LogP contribution is -2.53. The summed E-state index contributed by atoms with van der Waals surface area (Å²) in [7, 11) is 3.54. The van der Waals surface area contributed by atoms with Crippen LogP contribution in [0.4, 0.5) is 4.79 Å². The van der Waals surface area contributed by atoms with Crippen molar-refractivity contribution < 1.29 is 9.59 Å². The molecule has 1 atom stereocenters. The molecule has 2 heterocycles. The zero-order valence-electron chi connectivity index (χ0n) is 13.1. The van der Waals surface area contributed by atoms with Gasteiger partial charge in [-0.25, -0.2) is 4.79 Å². The molecule has 1 N–H and O–H groups in total. The number of carbonyl (C=O) groups is 2. The standard InChI is InChI=1S/C15H26N4O2/c1-17(2)14(21)19-9-7-18(8-10-19)13(20)12-11-15(12)3-5-16-6-4-15/h12,16H,3-11H2,1-2H3. The van der Waals surface area contributed by atoms with Crippen molar-refractivity contribution in [1.82, 2.24) is 20.0 Å². The molecule has 1 saturated carbocycles. The van der Waals surface area contributed by atoms with Crippen LogP contribution in [0.5, 0.6) is 0 Å². The summed E-state index contributed by atoms with van der Waals surface area (Å²) in [4.78, 5) is 29.9. The highest BCUT2D eigenvalue weighted by atomic mass is 16.2. The fourth-order valence-electron chi connectivity index (χ4n) is 3.80. The van der Waals surface area contributed by atoms with E-state index in [0.29, 0.717) is 37.5 Å². The fourth-order valence-corrected chi connectivity index (χ4v) is 3.80. The van der Waals surface area contributed by atoms with Crippen LogP contribution in [0.25, 0.3) is 0 Å².